The Morgan fingerprint density at radius 1 is 0.909 bits per heavy atom. The fourth-order valence-electron chi connectivity index (χ4n) is 4.48. The van der Waals surface area contributed by atoms with Crippen molar-refractivity contribution in [3.05, 3.63) is 35.9 Å². The van der Waals surface area contributed by atoms with Gasteiger partial charge in [-0.15, -0.1) is 0 Å². The smallest absolute Gasteiger partial charge is 0.309 e. The van der Waals surface area contributed by atoms with Crippen LogP contribution < -0.4 is 0 Å². The van der Waals surface area contributed by atoms with Gasteiger partial charge in [-0.2, -0.15) is 0 Å². The van der Waals surface area contributed by atoms with Crippen LogP contribution in [-0.2, 0) is 30.5 Å². The molecule has 0 fully saturated rings. The molecule has 0 amide bonds. The van der Waals surface area contributed by atoms with Gasteiger partial charge in [-0.25, -0.2) is 0 Å². The standard InChI is InChI=1S/C26H40O7/c1-7-20(23(30)32-14-13-27)26(5,6)16-21(25(3,4)15-18(2)22(28)29)24(31)33-17-19-11-9-8-10-12-19/h8-12,18,20-21,27H,7,13-17H2,1-6H3,(H,28,29). The van der Waals surface area contributed by atoms with Crippen LogP contribution in [0.2, 0.25) is 0 Å². The third kappa shape index (κ3) is 8.80. The van der Waals surface area contributed by atoms with Crippen LogP contribution in [0.5, 0.6) is 0 Å². The third-order valence-electron chi connectivity index (χ3n) is 6.41. The Balaban J connectivity index is 3.17. The van der Waals surface area contributed by atoms with Crippen molar-refractivity contribution in [1.82, 2.24) is 0 Å². The van der Waals surface area contributed by atoms with E-state index in [-0.39, 0.29) is 26.2 Å². The molecular formula is C26H40O7. The number of aliphatic carboxylic acids is 1. The Labute approximate surface area is 197 Å². The van der Waals surface area contributed by atoms with Crippen LogP contribution in [-0.4, -0.2) is 41.3 Å². The van der Waals surface area contributed by atoms with Gasteiger partial charge in [-0.1, -0.05) is 71.9 Å². The molecule has 0 aliphatic heterocycles. The van der Waals surface area contributed by atoms with Crippen molar-refractivity contribution >= 4 is 17.9 Å². The van der Waals surface area contributed by atoms with Crippen molar-refractivity contribution in [2.24, 2.45) is 28.6 Å². The zero-order valence-electron chi connectivity index (χ0n) is 20.8. The largest absolute Gasteiger partial charge is 0.481 e. The first-order valence-corrected chi connectivity index (χ1v) is 11.6. The minimum absolute atomic E-state index is 0.0738. The quantitative estimate of drug-likeness (QED) is 0.391. The number of carboxylic acid groups (broad SMARTS) is 1. The first-order valence-electron chi connectivity index (χ1n) is 11.6. The number of rotatable bonds is 14. The lowest BCUT2D eigenvalue weighted by Crippen LogP contribution is -2.41. The first kappa shape index (κ1) is 28.6. The second-order valence-electron chi connectivity index (χ2n) is 10.1. The lowest BCUT2D eigenvalue weighted by Gasteiger charge is -2.41. The number of ether oxygens (including phenoxy) is 2. The van der Waals surface area contributed by atoms with E-state index in [4.69, 9.17) is 14.6 Å². The summed E-state index contributed by atoms with van der Waals surface area (Å²) in [5.41, 5.74) is -0.447. The SMILES string of the molecule is CCC(C(=O)OCCO)C(C)(C)CC(C(=O)OCc1ccccc1)C(C)(C)CC(C)C(=O)O. The summed E-state index contributed by atoms with van der Waals surface area (Å²) < 4.78 is 10.8. The van der Waals surface area contributed by atoms with Crippen molar-refractivity contribution in [2.75, 3.05) is 13.2 Å². The molecule has 0 aliphatic carbocycles. The molecule has 0 heterocycles. The lowest BCUT2D eigenvalue weighted by molar-refractivity contribution is -0.162. The van der Waals surface area contributed by atoms with Crippen LogP contribution in [0.1, 0.15) is 66.4 Å². The van der Waals surface area contributed by atoms with Crippen molar-refractivity contribution < 1.29 is 34.1 Å². The van der Waals surface area contributed by atoms with Gasteiger partial charge < -0.3 is 19.7 Å². The molecule has 0 aromatic heterocycles. The first-order chi connectivity index (χ1) is 15.4. The Bertz CT molecular complexity index is 770. The molecule has 0 saturated carbocycles. The lowest BCUT2D eigenvalue weighted by atomic mass is 9.63. The zero-order valence-corrected chi connectivity index (χ0v) is 20.8. The average molecular weight is 465 g/mol. The van der Waals surface area contributed by atoms with Gasteiger partial charge >= 0.3 is 17.9 Å². The van der Waals surface area contributed by atoms with E-state index in [1.54, 1.807) is 6.92 Å². The summed E-state index contributed by atoms with van der Waals surface area (Å²) in [4.78, 5) is 37.5. The molecule has 0 aliphatic rings. The molecule has 2 N–H and O–H groups in total. The molecule has 1 rings (SSSR count). The summed E-state index contributed by atoms with van der Waals surface area (Å²) in [6.45, 7) is 10.9. The summed E-state index contributed by atoms with van der Waals surface area (Å²) in [5, 5.41) is 18.4. The predicted molar refractivity (Wildman–Crippen MR) is 125 cm³/mol. The van der Waals surface area contributed by atoms with Crippen molar-refractivity contribution in [1.29, 1.82) is 0 Å². The average Bonchev–Trinajstić information content (AvgIpc) is 2.74. The topological polar surface area (TPSA) is 110 Å². The van der Waals surface area contributed by atoms with Crippen molar-refractivity contribution in [3.8, 4) is 0 Å². The number of benzene rings is 1. The fourth-order valence-corrected chi connectivity index (χ4v) is 4.48. The summed E-state index contributed by atoms with van der Waals surface area (Å²) in [6, 6.07) is 9.36. The molecule has 1 aromatic carbocycles. The number of aliphatic hydroxyl groups is 1. The Kier molecular flexibility index (Phi) is 11.0. The number of hydrogen-bond acceptors (Lipinski definition) is 6. The fraction of sp³-hybridized carbons (Fsp3) is 0.654. The molecule has 33 heavy (non-hydrogen) atoms. The van der Waals surface area contributed by atoms with Crippen LogP contribution in [0.4, 0.5) is 0 Å². The van der Waals surface area contributed by atoms with Gasteiger partial charge in [-0.3, -0.25) is 14.4 Å². The summed E-state index contributed by atoms with van der Waals surface area (Å²) in [7, 11) is 0. The monoisotopic (exact) mass is 464 g/mol. The van der Waals surface area contributed by atoms with Gasteiger partial charge in [-0.05, 0) is 35.7 Å². The zero-order chi connectivity index (χ0) is 25.2. The second kappa shape index (κ2) is 12.7. The van der Waals surface area contributed by atoms with Crippen LogP contribution in [0, 0.1) is 28.6 Å². The van der Waals surface area contributed by atoms with E-state index < -0.39 is 46.5 Å². The number of carboxylic acids is 1. The van der Waals surface area contributed by atoms with Gasteiger partial charge in [0, 0.05) is 0 Å². The number of esters is 2. The van der Waals surface area contributed by atoms with Gasteiger partial charge in [0.1, 0.15) is 13.2 Å². The Morgan fingerprint density at radius 3 is 1.97 bits per heavy atom. The number of hydrogen-bond donors (Lipinski definition) is 2. The van der Waals surface area contributed by atoms with Crippen LogP contribution >= 0.6 is 0 Å². The molecule has 7 nitrogen and oxygen atoms in total. The maximum absolute atomic E-state index is 13.3. The minimum Gasteiger partial charge on any atom is -0.481 e. The summed E-state index contributed by atoms with van der Waals surface area (Å²) >= 11 is 0. The van der Waals surface area contributed by atoms with Gasteiger partial charge in [0.05, 0.1) is 24.4 Å². The summed E-state index contributed by atoms with van der Waals surface area (Å²) in [5.74, 6) is -3.49. The molecule has 1 aromatic rings. The summed E-state index contributed by atoms with van der Waals surface area (Å²) in [6.07, 6.45) is 1.12. The van der Waals surface area contributed by atoms with Crippen LogP contribution in [0.25, 0.3) is 0 Å². The number of aliphatic hydroxyl groups excluding tert-OH is 1. The molecule has 186 valence electrons. The van der Waals surface area contributed by atoms with Crippen molar-refractivity contribution in [3.63, 3.8) is 0 Å². The van der Waals surface area contributed by atoms with Crippen LogP contribution in [0.15, 0.2) is 30.3 Å². The molecule has 0 spiro atoms. The van der Waals surface area contributed by atoms with E-state index in [0.717, 1.165) is 5.56 Å². The highest BCUT2D eigenvalue weighted by Gasteiger charge is 2.45. The van der Waals surface area contributed by atoms with E-state index in [1.807, 2.05) is 65.0 Å². The van der Waals surface area contributed by atoms with E-state index in [0.29, 0.717) is 12.8 Å². The van der Waals surface area contributed by atoms with Gasteiger partial charge in [0.2, 0.25) is 0 Å². The minimum atomic E-state index is -0.919. The molecular weight excluding hydrogens is 424 g/mol. The van der Waals surface area contributed by atoms with E-state index in [1.165, 1.54) is 0 Å². The highest BCUT2D eigenvalue weighted by Crippen LogP contribution is 2.45. The molecule has 0 saturated heterocycles. The van der Waals surface area contributed by atoms with Crippen LogP contribution in [0.3, 0.4) is 0 Å². The second-order valence-corrected chi connectivity index (χ2v) is 10.1. The Hall–Kier alpha value is -2.41. The maximum Gasteiger partial charge on any atom is 0.309 e. The molecule has 3 unspecified atom stereocenters. The normalized spacial score (nSPS) is 14.8. The molecule has 3 atom stereocenters. The molecule has 7 heteroatoms. The van der Waals surface area contributed by atoms with Crippen molar-refractivity contribution in [2.45, 2.75) is 67.4 Å². The molecule has 0 radical (unpaired) electrons. The maximum atomic E-state index is 13.3. The molecule has 0 bridgehead atoms. The highest BCUT2D eigenvalue weighted by molar-refractivity contribution is 5.75. The van der Waals surface area contributed by atoms with Gasteiger partial charge in [0.15, 0.2) is 0 Å². The third-order valence-corrected chi connectivity index (χ3v) is 6.41. The van der Waals surface area contributed by atoms with Gasteiger partial charge in [0.25, 0.3) is 0 Å². The van der Waals surface area contributed by atoms with E-state index >= 15 is 0 Å². The van der Waals surface area contributed by atoms with E-state index in [2.05, 4.69) is 0 Å². The number of carbonyl (C=O) groups is 3. The van der Waals surface area contributed by atoms with E-state index in [9.17, 15) is 19.5 Å². The Morgan fingerprint density at radius 2 is 1.45 bits per heavy atom. The number of carbonyl (C=O) groups excluding carboxylic acids is 2. The highest BCUT2D eigenvalue weighted by atomic mass is 16.5. The predicted octanol–water partition coefficient (Wildman–Crippen LogP) is 4.46.